The quantitative estimate of drug-likeness (QED) is 0.768. The molecule has 104 valence electrons. The number of hydrogen-bond acceptors (Lipinski definition) is 2. The van der Waals surface area contributed by atoms with E-state index >= 15 is 0 Å². The standard InChI is InChI=1S/C17H24O2/c1-4-5-6-13-7-11(2)16(18)9-14-10-17(19)12(3)15(14)8-13/h8,11,14H,4-7,9-10H2,1-3H3/b13-8-/t11-,14+/m1/s1. The number of fused-ring (bicyclic) bond motifs is 1. The second-order valence-corrected chi connectivity index (χ2v) is 6.09. The molecule has 0 saturated carbocycles. The topological polar surface area (TPSA) is 34.1 Å². The molecule has 0 aromatic rings. The average molecular weight is 260 g/mol. The van der Waals surface area contributed by atoms with E-state index in [9.17, 15) is 9.59 Å². The van der Waals surface area contributed by atoms with Crippen molar-refractivity contribution in [3.8, 4) is 0 Å². The maximum Gasteiger partial charge on any atom is 0.159 e. The van der Waals surface area contributed by atoms with Crippen molar-refractivity contribution < 1.29 is 9.59 Å². The Bertz CT molecular complexity index is 454. The van der Waals surface area contributed by atoms with Gasteiger partial charge in [0.15, 0.2) is 5.78 Å². The van der Waals surface area contributed by atoms with Crippen LogP contribution in [0.5, 0.6) is 0 Å². The number of carbonyl (C=O) groups is 2. The molecular formula is C17H24O2. The molecule has 0 spiro atoms. The van der Waals surface area contributed by atoms with Gasteiger partial charge in [-0.25, -0.2) is 0 Å². The van der Waals surface area contributed by atoms with Gasteiger partial charge in [0.25, 0.3) is 0 Å². The first-order chi connectivity index (χ1) is 9.02. The summed E-state index contributed by atoms with van der Waals surface area (Å²) in [4.78, 5) is 24.1. The van der Waals surface area contributed by atoms with E-state index in [-0.39, 0.29) is 17.6 Å². The number of Topliss-reactive ketones (excluding diaryl/α,β-unsaturated/α-hetero) is 2. The molecule has 0 radical (unpaired) electrons. The van der Waals surface area contributed by atoms with E-state index in [1.165, 1.54) is 12.0 Å². The highest BCUT2D eigenvalue weighted by molar-refractivity contribution is 6.00. The van der Waals surface area contributed by atoms with Gasteiger partial charge in [-0.2, -0.15) is 0 Å². The molecule has 0 aromatic carbocycles. The van der Waals surface area contributed by atoms with Crippen LogP contribution >= 0.6 is 0 Å². The van der Waals surface area contributed by atoms with Crippen LogP contribution in [0.3, 0.4) is 0 Å². The Morgan fingerprint density at radius 2 is 1.95 bits per heavy atom. The first kappa shape index (κ1) is 14.2. The second kappa shape index (κ2) is 5.85. The van der Waals surface area contributed by atoms with Crippen molar-refractivity contribution in [3.05, 3.63) is 22.8 Å². The van der Waals surface area contributed by atoms with Crippen LogP contribution < -0.4 is 0 Å². The van der Waals surface area contributed by atoms with Crippen LogP contribution in [0.25, 0.3) is 0 Å². The number of ketones is 2. The molecule has 0 bridgehead atoms. The minimum atomic E-state index is 0.112. The normalized spacial score (nSPS) is 30.8. The average Bonchev–Trinajstić information content (AvgIpc) is 2.61. The van der Waals surface area contributed by atoms with Gasteiger partial charge >= 0.3 is 0 Å². The van der Waals surface area contributed by atoms with Crippen molar-refractivity contribution in [2.45, 2.75) is 59.3 Å². The Morgan fingerprint density at radius 1 is 1.21 bits per heavy atom. The SMILES string of the molecule is CCCC/C1=C/C2=C(C)C(=O)C[C@@H]2CC(=O)[C@H](C)C1. The smallest absolute Gasteiger partial charge is 0.159 e. The lowest BCUT2D eigenvalue weighted by molar-refractivity contribution is -0.123. The van der Waals surface area contributed by atoms with E-state index in [0.717, 1.165) is 30.4 Å². The number of unbranched alkanes of at least 4 members (excludes halogenated alkanes) is 1. The largest absolute Gasteiger partial charge is 0.299 e. The molecule has 0 aliphatic heterocycles. The van der Waals surface area contributed by atoms with Crippen molar-refractivity contribution in [3.63, 3.8) is 0 Å². The van der Waals surface area contributed by atoms with E-state index in [0.29, 0.717) is 18.6 Å². The molecule has 2 rings (SSSR count). The van der Waals surface area contributed by atoms with Crippen LogP contribution in [0, 0.1) is 11.8 Å². The van der Waals surface area contributed by atoms with E-state index in [1.54, 1.807) is 0 Å². The molecule has 0 N–H and O–H groups in total. The first-order valence-electron chi connectivity index (χ1n) is 7.49. The first-order valence-corrected chi connectivity index (χ1v) is 7.49. The van der Waals surface area contributed by atoms with Crippen LogP contribution in [-0.4, -0.2) is 11.6 Å². The van der Waals surface area contributed by atoms with Gasteiger partial charge < -0.3 is 0 Å². The zero-order valence-corrected chi connectivity index (χ0v) is 12.3. The van der Waals surface area contributed by atoms with Gasteiger partial charge in [0, 0.05) is 18.8 Å². The maximum atomic E-state index is 12.2. The fourth-order valence-electron chi connectivity index (χ4n) is 3.17. The van der Waals surface area contributed by atoms with E-state index in [1.807, 2.05) is 13.8 Å². The monoisotopic (exact) mass is 260 g/mol. The summed E-state index contributed by atoms with van der Waals surface area (Å²) in [5.41, 5.74) is 3.40. The number of allylic oxidation sites excluding steroid dienone is 4. The molecule has 0 aromatic heterocycles. The highest BCUT2D eigenvalue weighted by Gasteiger charge is 2.33. The van der Waals surface area contributed by atoms with Gasteiger partial charge in [0.05, 0.1) is 0 Å². The zero-order valence-electron chi connectivity index (χ0n) is 12.3. The van der Waals surface area contributed by atoms with Crippen molar-refractivity contribution in [1.82, 2.24) is 0 Å². The van der Waals surface area contributed by atoms with Crippen molar-refractivity contribution in [2.75, 3.05) is 0 Å². The summed E-state index contributed by atoms with van der Waals surface area (Å²) in [5.74, 6) is 0.820. The van der Waals surface area contributed by atoms with Crippen LogP contribution in [0.4, 0.5) is 0 Å². The fourth-order valence-corrected chi connectivity index (χ4v) is 3.17. The Labute approximate surface area is 116 Å². The molecule has 2 atom stereocenters. The summed E-state index contributed by atoms with van der Waals surface area (Å²) in [6.07, 6.45) is 7.60. The predicted molar refractivity (Wildman–Crippen MR) is 76.8 cm³/mol. The third kappa shape index (κ3) is 3.05. The van der Waals surface area contributed by atoms with E-state index < -0.39 is 0 Å². The van der Waals surface area contributed by atoms with Crippen molar-refractivity contribution in [2.24, 2.45) is 11.8 Å². The van der Waals surface area contributed by atoms with Crippen LogP contribution in [0.2, 0.25) is 0 Å². The van der Waals surface area contributed by atoms with Gasteiger partial charge in [-0.1, -0.05) is 31.9 Å². The molecule has 19 heavy (non-hydrogen) atoms. The Balaban J connectivity index is 2.33. The van der Waals surface area contributed by atoms with E-state index in [2.05, 4.69) is 13.0 Å². The van der Waals surface area contributed by atoms with Crippen LogP contribution in [-0.2, 0) is 9.59 Å². The number of rotatable bonds is 3. The van der Waals surface area contributed by atoms with Gasteiger partial charge in [0.1, 0.15) is 5.78 Å². The summed E-state index contributed by atoms with van der Waals surface area (Å²) in [6, 6.07) is 0. The minimum absolute atomic E-state index is 0.112. The second-order valence-electron chi connectivity index (χ2n) is 6.09. The molecule has 0 heterocycles. The maximum absolute atomic E-state index is 12.2. The minimum Gasteiger partial charge on any atom is -0.299 e. The van der Waals surface area contributed by atoms with Gasteiger partial charge in [-0.3, -0.25) is 9.59 Å². The summed E-state index contributed by atoms with van der Waals surface area (Å²) >= 11 is 0. The lowest BCUT2D eigenvalue weighted by Gasteiger charge is -2.21. The van der Waals surface area contributed by atoms with Crippen LogP contribution in [0.1, 0.15) is 59.3 Å². The highest BCUT2D eigenvalue weighted by atomic mass is 16.1. The zero-order chi connectivity index (χ0) is 14.0. The molecule has 2 aliphatic carbocycles. The summed E-state index contributed by atoms with van der Waals surface area (Å²) in [6.45, 7) is 6.13. The lowest BCUT2D eigenvalue weighted by Crippen LogP contribution is -2.19. The Hall–Kier alpha value is -1.18. The van der Waals surface area contributed by atoms with Gasteiger partial charge in [0.2, 0.25) is 0 Å². The molecule has 2 heteroatoms. The fraction of sp³-hybridized carbons (Fsp3) is 0.647. The third-order valence-electron chi connectivity index (χ3n) is 4.50. The van der Waals surface area contributed by atoms with Crippen molar-refractivity contribution >= 4 is 11.6 Å². The predicted octanol–water partition coefficient (Wildman–Crippen LogP) is 4.01. The molecule has 2 aliphatic rings. The summed E-state index contributed by atoms with van der Waals surface area (Å²) in [7, 11) is 0. The molecule has 0 fully saturated rings. The van der Waals surface area contributed by atoms with Gasteiger partial charge in [-0.15, -0.1) is 0 Å². The molecular weight excluding hydrogens is 236 g/mol. The van der Waals surface area contributed by atoms with Gasteiger partial charge in [-0.05, 0) is 43.3 Å². The Morgan fingerprint density at radius 3 is 2.63 bits per heavy atom. The molecule has 0 amide bonds. The van der Waals surface area contributed by atoms with Crippen molar-refractivity contribution in [1.29, 1.82) is 0 Å². The summed E-state index contributed by atoms with van der Waals surface area (Å²) < 4.78 is 0. The molecule has 2 nitrogen and oxygen atoms in total. The highest BCUT2D eigenvalue weighted by Crippen LogP contribution is 2.37. The molecule has 0 unspecified atom stereocenters. The third-order valence-corrected chi connectivity index (χ3v) is 4.50. The van der Waals surface area contributed by atoms with E-state index in [4.69, 9.17) is 0 Å². The Kier molecular flexibility index (Phi) is 4.38. The number of carbonyl (C=O) groups excluding carboxylic acids is 2. The number of hydrogen-bond donors (Lipinski definition) is 0. The van der Waals surface area contributed by atoms with Crippen LogP contribution in [0.15, 0.2) is 22.8 Å². The summed E-state index contributed by atoms with van der Waals surface area (Å²) in [5, 5.41) is 0. The molecule has 0 saturated heterocycles. The lowest BCUT2D eigenvalue weighted by atomic mass is 9.82.